The fourth-order valence-electron chi connectivity index (χ4n) is 2.01. The number of esters is 1. The topological polar surface area (TPSA) is 35.2 Å². The molecular weight excluding hydrogens is 180 g/mol. The number of hydrogen-bond donors (Lipinski definition) is 2. The second-order valence-electron chi connectivity index (χ2n) is 4.00. The molecule has 0 spiro atoms. The Kier molecular flexibility index (Phi) is 4.90. The normalized spacial score (nSPS) is 27.3. The largest absolute Gasteiger partial charge is 0.465 e. The molecule has 1 saturated heterocycles. The van der Waals surface area contributed by atoms with Crippen molar-refractivity contribution < 1.29 is 19.3 Å². The lowest BCUT2D eigenvalue weighted by Crippen LogP contribution is -3.28. The van der Waals surface area contributed by atoms with Gasteiger partial charge in [0.05, 0.1) is 13.7 Å². The second-order valence-corrected chi connectivity index (χ2v) is 4.00. The summed E-state index contributed by atoms with van der Waals surface area (Å²) in [6.07, 6.45) is 1.25. The van der Waals surface area contributed by atoms with E-state index in [4.69, 9.17) is 0 Å². The quantitative estimate of drug-likeness (QED) is 0.489. The zero-order chi connectivity index (χ0) is 10.4. The highest BCUT2D eigenvalue weighted by Crippen LogP contribution is 1.69. The van der Waals surface area contributed by atoms with Crippen molar-refractivity contribution in [2.24, 2.45) is 0 Å². The Morgan fingerprint density at radius 1 is 1.21 bits per heavy atom. The number of rotatable bonds is 4. The van der Waals surface area contributed by atoms with Crippen molar-refractivity contribution in [1.29, 1.82) is 0 Å². The number of quaternary nitrogens is 2. The number of piperazine rings is 1. The van der Waals surface area contributed by atoms with Crippen molar-refractivity contribution in [2.45, 2.75) is 13.3 Å². The van der Waals surface area contributed by atoms with Gasteiger partial charge >= 0.3 is 5.97 Å². The molecule has 0 atom stereocenters. The van der Waals surface area contributed by atoms with Gasteiger partial charge in [0.1, 0.15) is 26.2 Å². The van der Waals surface area contributed by atoms with E-state index in [9.17, 15) is 4.79 Å². The van der Waals surface area contributed by atoms with Crippen LogP contribution in [-0.2, 0) is 9.53 Å². The highest BCUT2D eigenvalue weighted by atomic mass is 16.5. The average molecular weight is 202 g/mol. The summed E-state index contributed by atoms with van der Waals surface area (Å²) in [5.74, 6) is -0.0843. The van der Waals surface area contributed by atoms with Gasteiger partial charge in [0.2, 0.25) is 0 Å². The summed E-state index contributed by atoms with van der Waals surface area (Å²) in [4.78, 5) is 14.1. The maximum atomic E-state index is 11.0. The third-order valence-corrected chi connectivity index (χ3v) is 2.89. The molecule has 14 heavy (non-hydrogen) atoms. The molecule has 1 aliphatic rings. The van der Waals surface area contributed by atoms with E-state index in [0.29, 0.717) is 6.54 Å². The van der Waals surface area contributed by atoms with E-state index in [2.05, 4.69) is 11.7 Å². The van der Waals surface area contributed by atoms with Gasteiger partial charge in [-0.2, -0.15) is 0 Å². The third kappa shape index (κ3) is 3.64. The summed E-state index contributed by atoms with van der Waals surface area (Å²) in [7, 11) is 1.46. The Balaban J connectivity index is 2.18. The van der Waals surface area contributed by atoms with Crippen LogP contribution in [0, 0.1) is 0 Å². The van der Waals surface area contributed by atoms with Crippen LogP contribution in [0.3, 0.4) is 0 Å². The molecule has 1 fully saturated rings. The standard InChI is InChI=1S/C10H20N2O2/c1-3-4-11-5-7-12(8-6-11)9-10(13)14-2/h3-9H2,1-2H3/p+2. The molecule has 0 radical (unpaired) electrons. The Morgan fingerprint density at radius 2 is 1.79 bits per heavy atom. The number of methoxy groups -OCH3 is 1. The average Bonchev–Trinajstić information content (AvgIpc) is 2.21. The predicted molar refractivity (Wildman–Crippen MR) is 53.4 cm³/mol. The fourth-order valence-corrected chi connectivity index (χ4v) is 2.01. The van der Waals surface area contributed by atoms with Crippen LogP contribution >= 0.6 is 0 Å². The number of carbonyl (C=O) groups excluding carboxylic acids is 1. The molecule has 0 aromatic heterocycles. The van der Waals surface area contributed by atoms with Gasteiger partial charge in [-0.25, -0.2) is 4.79 Å². The van der Waals surface area contributed by atoms with Crippen LogP contribution < -0.4 is 9.80 Å². The number of ether oxygens (including phenoxy) is 1. The number of carbonyl (C=O) groups is 1. The van der Waals surface area contributed by atoms with Gasteiger partial charge in [0.25, 0.3) is 0 Å². The van der Waals surface area contributed by atoms with Crippen molar-refractivity contribution in [2.75, 3.05) is 46.4 Å². The molecule has 0 amide bonds. The van der Waals surface area contributed by atoms with E-state index in [-0.39, 0.29) is 5.97 Å². The summed E-state index contributed by atoms with van der Waals surface area (Å²) < 4.78 is 4.66. The molecule has 1 heterocycles. The van der Waals surface area contributed by atoms with E-state index in [1.165, 1.54) is 38.1 Å². The summed E-state index contributed by atoms with van der Waals surface area (Å²) in [5.41, 5.74) is 0. The van der Waals surface area contributed by atoms with Crippen molar-refractivity contribution in [1.82, 2.24) is 0 Å². The lowest BCUT2D eigenvalue weighted by molar-refractivity contribution is -1.01. The zero-order valence-corrected chi connectivity index (χ0v) is 9.27. The van der Waals surface area contributed by atoms with Gasteiger partial charge in [-0.3, -0.25) is 0 Å². The van der Waals surface area contributed by atoms with E-state index in [1.54, 1.807) is 4.90 Å². The summed E-state index contributed by atoms with van der Waals surface area (Å²) in [6.45, 7) is 8.62. The molecule has 0 bridgehead atoms. The van der Waals surface area contributed by atoms with Crippen LogP contribution in [0.15, 0.2) is 0 Å². The van der Waals surface area contributed by atoms with Crippen LogP contribution in [0.25, 0.3) is 0 Å². The van der Waals surface area contributed by atoms with E-state index < -0.39 is 0 Å². The van der Waals surface area contributed by atoms with Crippen molar-refractivity contribution in [3.8, 4) is 0 Å². The lowest BCUT2D eigenvalue weighted by Gasteiger charge is -2.28. The van der Waals surface area contributed by atoms with Crippen molar-refractivity contribution in [3.63, 3.8) is 0 Å². The van der Waals surface area contributed by atoms with Crippen LogP contribution in [0.5, 0.6) is 0 Å². The van der Waals surface area contributed by atoms with Gasteiger partial charge < -0.3 is 14.5 Å². The smallest absolute Gasteiger partial charge is 0.361 e. The minimum atomic E-state index is -0.0843. The molecule has 0 aromatic carbocycles. The molecular formula is C10H22N2O2+2. The summed E-state index contributed by atoms with van der Waals surface area (Å²) in [5, 5.41) is 0. The van der Waals surface area contributed by atoms with Crippen LogP contribution in [0.4, 0.5) is 0 Å². The first-order valence-corrected chi connectivity index (χ1v) is 5.50. The SMILES string of the molecule is CCC[NH+]1CC[NH+](CC(=O)OC)CC1. The number of nitrogens with one attached hydrogen (secondary N) is 2. The number of hydrogen-bond acceptors (Lipinski definition) is 2. The molecule has 4 heteroatoms. The molecule has 0 unspecified atom stereocenters. The summed E-state index contributed by atoms with van der Waals surface area (Å²) >= 11 is 0. The first-order chi connectivity index (χ1) is 6.76. The summed E-state index contributed by atoms with van der Waals surface area (Å²) in [6, 6.07) is 0. The van der Waals surface area contributed by atoms with Crippen LogP contribution in [0.2, 0.25) is 0 Å². The predicted octanol–water partition coefficient (Wildman–Crippen LogP) is -2.65. The van der Waals surface area contributed by atoms with E-state index >= 15 is 0 Å². The molecule has 0 aliphatic carbocycles. The van der Waals surface area contributed by atoms with E-state index in [0.717, 1.165) is 13.1 Å². The monoisotopic (exact) mass is 202 g/mol. The first-order valence-electron chi connectivity index (χ1n) is 5.50. The zero-order valence-electron chi connectivity index (χ0n) is 9.27. The van der Waals surface area contributed by atoms with Crippen LogP contribution in [0.1, 0.15) is 13.3 Å². The van der Waals surface area contributed by atoms with Crippen molar-refractivity contribution >= 4 is 5.97 Å². The Morgan fingerprint density at radius 3 is 2.29 bits per heavy atom. The van der Waals surface area contributed by atoms with Crippen molar-refractivity contribution in [3.05, 3.63) is 0 Å². The maximum Gasteiger partial charge on any atom is 0.361 e. The highest BCUT2D eigenvalue weighted by Gasteiger charge is 2.23. The van der Waals surface area contributed by atoms with Gasteiger partial charge in [-0.1, -0.05) is 6.92 Å². The highest BCUT2D eigenvalue weighted by molar-refractivity contribution is 5.70. The van der Waals surface area contributed by atoms with E-state index in [1.807, 2.05) is 0 Å². The Hall–Kier alpha value is -0.610. The molecule has 1 rings (SSSR count). The fraction of sp³-hybridized carbons (Fsp3) is 0.900. The van der Waals surface area contributed by atoms with Gasteiger partial charge in [-0.15, -0.1) is 0 Å². The second kappa shape index (κ2) is 5.98. The van der Waals surface area contributed by atoms with Crippen LogP contribution in [-0.4, -0.2) is 52.3 Å². The third-order valence-electron chi connectivity index (χ3n) is 2.89. The lowest BCUT2D eigenvalue weighted by atomic mass is 10.3. The molecule has 0 saturated carbocycles. The minimum absolute atomic E-state index is 0.0843. The minimum Gasteiger partial charge on any atom is -0.465 e. The molecule has 1 aliphatic heterocycles. The Labute approximate surface area is 85.8 Å². The van der Waals surface area contributed by atoms with Gasteiger partial charge in [0, 0.05) is 0 Å². The van der Waals surface area contributed by atoms with Gasteiger partial charge in [-0.05, 0) is 6.42 Å². The molecule has 2 N–H and O–H groups in total. The molecule has 0 aromatic rings. The van der Waals surface area contributed by atoms with Gasteiger partial charge in [0.15, 0.2) is 6.54 Å². The maximum absolute atomic E-state index is 11.0. The molecule has 82 valence electrons. The Bertz CT molecular complexity index is 177. The molecule has 4 nitrogen and oxygen atoms in total. The first kappa shape index (κ1) is 11.5.